The number of hydrogen-bond donors (Lipinski definition) is 3. The molecule has 0 aliphatic carbocycles. The monoisotopic (exact) mass is 397 g/mol. The summed E-state index contributed by atoms with van der Waals surface area (Å²) >= 11 is 0. The molecule has 7 heteroatoms. The molecule has 0 bridgehead atoms. The Balaban J connectivity index is 1.60. The molecule has 3 N–H and O–H groups in total. The van der Waals surface area contributed by atoms with E-state index < -0.39 is 11.9 Å². The minimum atomic E-state index is -0.957. The zero-order valence-electron chi connectivity index (χ0n) is 16.6. The number of carbonyl (C=O) groups is 2. The van der Waals surface area contributed by atoms with Gasteiger partial charge in [-0.25, -0.2) is 4.98 Å². The maximum absolute atomic E-state index is 12.4. The van der Waals surface area contributed by atoms with Gasteiger partial charge in [-0.2, -0.15) is 0 Å². The molecule has 1 aliphatic rings. The Bertz CT molecular complexity index is 841. The van der Waals surface area contributed by atoms with Gasteiger partial charge in [0.25, 0.3) is 0 Å². The number of ether oxygens (including phenoxy) is 1. The lowest BCUT2D eigenvalue weighted by molar-refractivity contribution is -0.141. The van der Waals surface area contributed by atoms with Crippen molar-refractivity contribution in [1.82, 2.24) is 10.3 Å². The topological polar surface area (TPSA) is 101 Å². The molecule has 0 fully saturated rings. The lowest BCUT2D eigenvalue weighted by atomic mass is 9.92. The van der Waals surface area contributed by atoms with E-state index in [1.165, 1.54) is 0 Å². The summed E-state index contributed by atoms with van der Waals surface area (Å²) in [5.74, 6) is -0.104. The molecule has 2 unspecified atom stereocenters. The highest BCUT2D eigenvalue weighted by Gasteiger charge is 2.30. The minimum absolute atomic E-state index is 0.134. The number of aliphatic carboxylic acids is 1. The third-order valence-electron chi connectivity index (χ3n) is 5.04. The number of carboxylic acids is 1. The van der Waals surface area contributed by atoms with Crippen LogP contribution < -0.4 is 15.4 Å². The lowest BCUT2D eigenvalue weighted by Gasteiger charge is -2.18. The van der Waals surface area contributed by atoms with Gasteiger partial charge in [0, 0.05) is 12.7 Å². The van der Waals surface area contributed by atoms with Crippen LogP contribution in [0, 0.1) is 5.92 Å². The Kier molecular flexibility index (Phi) is 7.05. The van der Waals surface area contributed by atoms with E-state index in [-0.39, 0.29) is 18.4 Å². The second-order valence-corrected chi connectivity index (χ2v) is 7.17. The van der Waals surface area contributed by atoms with Gasteiger partial charge in [-0.05, 0) is 54.7 Å². The van der Waals surface area contributed by atoms with Gasteiger partial charge in [-0.1, -0.05) is 19.1 Å². The number of aromatic nitrogens is 1. The van der Waals surface area contributed by atoms with Crippen LogP contribution >= 0.6 is 0 Å². The average molecular weight is 397 g/mol. The van der Waals surface area contributed by atoms with Crippen molar-refractivity contribution in [3.8, 4) is 5.75 Å². The van der Waals surface area contributed by atoms with Crippen molar-refractivity contribution in [1.29, 1.82) is 0 Å². The van der Waals surface area contributed by atoms with E-state index in [1.54, 1.807) is 6.20 Å². The number of amides is 1. The second-order valence-electron chi connectivity index (χ2n) is 7.17. The molecule has 2 heterocycles. The summed E-state index contributed by atoms with van der Waals surface area (Å²) in [7, 11) is 0. The van der Waals surface area contributed by atoms with E-state index in [2.05, 4.69) is 15.6 Å². The summed E-state index contributed by atoms with van der Waals surface area (Å²) in [6.07, 6.45) is 3.57. The van der Waals surface area contributed by atoms with Crippen molar-refractivity contribution >= 4 is 17.7 Å². The molecule has 1 aromatic heterocycles. The molecule has 154 valence electrons. The number of benzene rings is 1. The van der Waals surface area contributed by atoms with Gasteiger partial charge in [-0.3, -0.25) is 9.59 Å². The normalized spacial score (nSPS) is 18.3. The number of rotatable bonds is 9. The van der Waals surface area contributed by atoms with Crippen LogP contribution in [0.2, 0.25) is 0 Å². The molecule has 2 aromatic rings. The molecule has 0 radical (unpaired) electrons. The maximum atomic E-state index is 12.4. The number of nitrogens with one attached hydrogen (secondary N) is 2. The highest BCUT2D eigenvalue weighted by molar-refractivity contribution is 5.84. The van der Waals surface area contributed by atoms with Gasteiger partial charge in [0.15, 0.2) is 0 Å². The summed E-state index contributed by atoms with van der Waals surface area (Å²) in [6, 6.07) is 11.4. The van der Waals surface area contributed by atoms with Crippen molar-refractivity contribution in [3.05, 3.63) is 53.7 Å². The zero-order chi connectivity index (χ0) is 20.6. The summed E-state index contributed by atoms with van der Waals surface area (Å²) in [6.45, 7) is 3.32. The van der Waals surface area contributed by atoms with E-state index in [0.717, 1.165) is 42.1 Å². The Morgan fingerprint density at radius 2 is 2.21 bits per heavy atom. The van der Waals surface area contributed by atoms with Crippen LogP contribution in [-0.2, 0) is 16.0 Å². The van der Waals surface area contributed by atoms with Crippen LogP contribution in [0.3, 0.4) is 0 Å². The minimum Gasteiger partial charge on any atom is -0.494 e. The van der Waals surface area contributed by atoms with Gasteiger partial charge < -0.3 is 20.5 Å². The smallest absolute Gasteiger partial charge is 0.304 e. The first-order valence-electron chi connectivity index (χ1n) is 9.99. The molecular weight excluding hydrogens is 370 g/mol. The lowest BCUT2D eigenvalue weighted by Crippen LogP contribution is -2.33. The average Bonchev–Trinajstić information content (AvgIpc) is 2.84. The molecule has 0 spiro atoms. The quantitative estimate of drug-likeness (QED) is 0.562. The summed E-state index contributed by atoms with van der Waals surface area (Å²) in [5.41, 5.74) is 2.02. The SMILES string of the molecule is CCC1NC(=O)C(CC(=O)O)Cc2ccc(OCCCNc3ccccn3)cc21. The predicted molar refractivity (Wildman–Crippen MR) is 110 cm³/mol. The summed E-state index contributed by atoms with van der Waals surface area (Å²) < 4.78 is 5.89. The number of pyridine rings is 1. The number of hydrogen-bond acceptors (Lipinski definition) is 5. The number of carbonyl (C=O) groups excluding carboxylic acids is 1. The van der Waals surface area contributed by atoms with Gasteiger partial charge in [0.2, 0.25) is 5.91 Å². The van der Waals surface area contributed by atoms with Crippen molar-refractivity contribution in [2.24, 2.45) is 5.92 Å². The summed E-state index contributed by atoms with van der Waals surface area (Å²) in [5, 5.41) is 15.3. The van der Waals surface area contributed by atoms with Gasteiger partial charge in [0.05, 0.1) is 25.0 Å². The molecule has 3 rings (SSSR count). The standard InChI is InChI=1S/C22H27N3O4/c1-2-19-18-14-17(29-11-5-10-24-20-6-3-4-9-23-20)8-7-15(18)12-16(13-21(26)27)22(28)25-19/h3-4,6-9,14,16,19H,2,5,10-13H2,1H3,(H,23,24)(H,25,28)(H,26,27). The van der Waals surface area contributed by atoms with Crippen LogP contribution in [0.4, 0.5) is 5.82 Å². The Morgan fingerprint density at radius 1 is 1.34 bits per heavy atom. The Labute approximate surface area is 170 Å². The first-order chi connectivity index (χ1) is 14.1. The van der Waals surface area contributed by atoms with Gasteiger partial charge >= 0.3 is 5.97 Å². The fraction of sp³-hybridized carbons (Fsp3) is 0.409. The van der Waals surface area contributed by atoms with E-state index in [4.69, 9.17) is 9.84 Å². The van der Waals surface area contributed by atoms with Gasteiger partial charge in [0.1, 0.15) is 11.6 Å². The maximum Gasteiger partial charge on any atom is 0.304 e. The van der Waals surface area contributed by atoms with Gasteiger partial charge in [-0.15, -0.1) is 0 Å². The zero-order valence-corrected chi connectivity index (χ0v) is 16.6. The fourth-order valence-corrected chi connectivity index (χ4v) is 3.54. The molecule has 1 aromatic carbocycles. The van der Waals surface area contributed by atoms with E-state index in [9.17, 15) is 9.59 Å². The number of nitrogens with zero attached hydrogens (tertiary/aromatic N) is 1. The largest absolute Gasteiger partial charge is 0.494 e. The molecule has 1 amide bonds. The van der Waals surface area contributed by atoms with E-state index in [1.807, 2.05) is 43.3 Å². The molecule has 0 saturated carbocycles. The Hall–Kier alpha value is -3.09. The third-order valence-corrected chi connectivity index (χ3v) is 5.04. The van der Waals surface area contributed by atoms with Crippen LogP contribution in [0.1, 0.15) is 43.4 Å². The first-order valence-corrected chi connectivity index (χ1v) is 9.99. The molecule has 29 heavy (non-hydrogen) atoms. The molecule has 0 saturated heterocycles. The van der Waals surface area contributed by atoms with Crippen LogP contribution in [0.5, 0.6) is 5.75 Å². The first kappa shape index (κ1) is 20.6. The number of anilines is 1. The van der Waals surface area contributed by atoms with Crippen LogP contribution in [0.25, 0.3) is 0 Å². The van der Waals surface area contributed by atoms with Crippen molar-refractivity contribution in [2.45, 2.75) is 38.6 Å². The molecule has 1 aliphatic heterocycles. The molecule has 2 atom stereocenters. The fourth-order valence-electron chi connectivity index (χ4n) is 3.54. The highest BCUT2D eigenvalue weighted by atomic mass is 16.5. The van der Waals surface area contributed by atoms with E-state index >= 15 is 0 Å². The second kappa shape index (κ2) is 9.91. The third kappa shape index (κ3) is 5.70. The highest BCUT2D eigenvalue weighted by Crippen LogP contribution is 2.31. The van der Waals surface area contributed by atoms with E-state index in [0.29, 0.717) is 13.0 Å². The molecular formula is C22H27N3O4. The Morgan fingerprint density at radius 3 is 2.93 bits per heavy atom. The van der Waals surface area contributed by atoms with Crippen molar-refractivity contribution in [2.75, 3.05) is 18.5 Å². The number of carboxylic acid groups (broad SMARTS) is 1. The number of fused-ring (bicyclic) bond motifs is 1. The predicted octanol–water partition coefficient (Wildman–Crippen LogP) is 3.18. The van der Waals surface area contributed by atoms with Crippen molar-refractivity contribution < 1.29 is 19.4 Å². The van der Waals surface area contributed by atoms with Crippen molar-refractivity contribution in [3.63, 3.8) is 0 Å². The summed E-state index contributed by atoms with van der Waals surface area (Å²) in [4.78, 5) is 27.7. The van der Waals surface area contributed by atoms with Crippen LogP contribution in [-0.4, -0.2) is 35.1 Å². The van der Waals surface area contributed by atoms with Crippen LogP contribution in [0.15, 0.2) is 42.6 Å². The molecule has 7 nitrogen and oxygen atoms in total.